The maximum Gasteiger partial charge on any atom is 0.406 e. The van der Waals surface area contributed by atoms with Gasteiger partial charge in [-0.3, -0.25) is 4.79 Å². The summed E-state index contributed by atoms with van der Waals surface area (Å²) in [5.41, 5.74) is 2.08. The number of anilines is 1. The minimum absolute atomic E-state index is 0.0977. The van der Waals surface area contributed by atoms with E-state index in [1.807, 2.05) is 31.2 Å². The molecule has 1 atom stereocenters. The summed E-state index contributed by atoms with van der Waals surface area (Å²) in [4.78, 5) is 24.7. The molecule has 1 aromatic carbocycles. The zero-order chi connectivity index (χ0) is 13.8. The third kappa shape index (κ3) is 3.24. The average Bonchev–Trinajstić information content (AvgIpc) is 2.78. The molecule has 0 aromatic heterocycles. The fraction of sp³-hybridized carbons (Fsp3) is 0.429. The fourth-order valence-corrected chi connectivity index (χ4v) is 2.19. The van der Waals surface area contributed by atoms with Crippen LogP contribution >= 0.6 is 0 Å². The Hall–Kier alpha value is -2.04. The van der Waals surface area contributed by atoms with E-state index in [1.54, 1.807) is 4.90 Å². The molecule has 1 N–H and O–H groups in total. The maximum atomic E-state index is 12.0. The molecule has 1 fully saturated rings. The quantitative estimate of drug-likeness (QED) is 0.902. The van der Waals surface area contributed by atoms with Crippen LogP contribution in [0.2, 0.25) is 0 Å². The first-order chi connectivity index (χ1) is 9.10. The zero-order valence-corrected chi connectivity index (χ0v) is 11.2. The monoisotopic (exact) mass is 262 g/mol. The molecule has 0 saturated carbocycles. The van der Waals surface area contributed by atoms with Gasteiger partial charge in [0.25, 0.3) is 0 Å². The van der Waals surface area contributed by atoms with Gasteiger partial charge in [0.1, 0.15) is 0 Å². The lowest BCUT2D eigenvalue weighted by Crippen LogP contribution is -2.31. The standard InChI is InChI=1S/C14H18N2O3/c1-10-3-5-12(6-4-10)16-9-11(7-13(16)17)8-15-14(18)19-2/h3-6,11H,7-9H2,1-2H3,(H,15,18). The first kappa shape index (κ1) is 13.4. The summed E-state index contributed by atoms with van der Waals surface area (Å²) in [5.74, 6) is 0.230. The number of aryl methyl sites for hydroxylation is 1. The number of amides is 2. The van der Waals surface area contributed by atoms with Gasteiger partial charge in [0.2, 0.25) is 5.91 Å². The van der Waals surface area contributed by atoms with Crippen molar-refractivity contribution in [2.45, 2.75) is 13.3 Å². The Morgan fingerprint density at radius 1 is 1.42 bits per heavy atom. The van der Waals surface area contributed by atoms with Crippen LogP contribution in [0.5, 0.6) is 0 Å². The molecule has 1 aliphatic heterocycles. The predicted molar refractivity (Wildman–Crippen MR) is 72.0 cm³/mol. The Labute approximate surface area is 112 Å². The lowest BCUT2D eigenvalue weighted by atomic mass is 10.1. The minimum Gasteiger partial charge on any atom is -0.453 e. The number of benzene rings is 1. The molecule has 102 valence electrons. The average molecular weight is 262 g/mol. The van der Waals surface area contributed by atoms with Gasteiger partial charge >= 0.3 is 6.09 Å². The van der Waals surface area contributed by atoms with Crippen molar-refractivity contribution in [2.75, 3.05) is 25.1 Å². The highest BCUT2D eigenvalue weighted by atomic mass is 16.5. The van der Waals surface area contributed by atoms with Crippen molar-refractivity contribution in [1.82, 2.24) is 5.32 Å². The molecule has 2 amide bonds. The highest BCUT2D eigenvalue weighted by Crippen LogP contribution is 2.24. The normalized spacial score (nSPS) is 18.5. The summed E-state index contributed by atoms with van der Waals surface area (Å²) >= 11 is 0. The second-order valence-electron chi connectivity index (χ2n) is 4.78. The number of nitrogens with zero attached hydrogens (tertiary/aromatic N) is 1. The molecule has 19 heavy (non-hydrogen) atoms. The molecule has 0 radical (unpaired) electrons. The van der Waals surface area contributed by atoms with Crippen molar-refractivity contribution < 1.29 is 14.3 Å². The van der Waals surface area contributed by atoms with E-state index in [0.29, 0.717) is 19.5 Å². The first-order valence-electron chi connectivity index (χ1n) is 6.29. The summed E-state index contributed by atoms with van der Waals surface area (Å²) in [6.07, 6.45) is -0.000969. The van der Waals surface area contributed by atoms with Crippen molar-refractivity contribution in [3.05, 3.63) is 29.8 Å². The number of hydrogen-bond donors (Lipinski definition) is 1. The first-order valence-corrected chi connectivity index (χ1v) is 6.29. The molecular formula is C14H18N2O3. The van der Waals surface area contributed by atoms with Crippen LogP contribution in [0.4, 0.5) is 10.5 Å². The van der Waals surface area contributed by atoms with E-state index < -0.39 is 6.09 Å². The smallest absolute Gasteiger partial charge is 0.406 e. The molecule has 0 bridgehead atoms. The van der Waals surface area contributed by atoms with Gasteiger partial charge in [-0.1, -0.05) is 17.7 Å². The van der Waals surface area contributed by atoms with E-state index in [4.69, 9.17) is 0 Å². The second kappa shape index (κ2) is 5.73. The third-order valence-corrected chi connectivity index (χ3v) is 3.27. The lowest BCUT2D eigenvalue weighted by Gasteiger charge is -2.17. The van der Waals surface area contributed by atoms with Crippen LogP contribution in [-0.2, 0) is 9.53 Å². The topological polar surface area (TPSA) is 58.6 Å². The van der Waals surface area contributed by atoms with E-state index in [-0.39, 0.29) is 11.8 Å². The molecule has 1 saturated heterocycles. The van der Waals surface area contributed by atoms with Crippen LogP contribution in [0.1, 0.15) is 12.0 Å². The number of alkyl carbamates (subject to hydrolysis) is 1. The highest BCUT2D eigenvalue weighted by Gasteiger charge is 2.30. The highest BCUT2D eigenvalue weighted by molar-refractivity contribution is 5.95. The molecule has 1 unspecified atom stereocenters. The zero-order valence-electron chi connectivity index (χ0n) is 11.2. The number of nitrogens with one attached hydrogen (secondary N) is 1. The number of rotatable bonds is 3. The second-order valence-corrected chi connectivity index (χ2v) is 4.78. The molecule has 1 aliphatic rings. The minimum atomic E-state index is -0.457. The lowest BCUT2D eigenvalue weighted by molar-refractivity contribution is -0.117. The molecule has 0 aliphatic carbocycles. The number of carbonyl (C=O) groups is 2. The summed E-state index contributed by atoms with van der Waals surface area (Å²) in [6.45, 7) is 3.10. The number of methoxy groups -OCH3 is 1. The van der Waals surface area contributed by atoms with Crippen molar-refractivity contribution in [2.24, 2.45) is 5.92 Å². The van der Waals surface area contributed by atoms with Gasteiger partial charge in [-0.15, -0.1) is 0 Å². The molecule has 5 nitrogen and oxygen atoms in total. The van der Waals surface area contributed by atoms with Crippen molar-refractivity contribution >= 4 is 17.7 Å². The van der Waals surface area contributed by atoms with Crippen LogP contribution in [0.25, 0.3) is 0 Å². The summed E-state index contributed by atoms with van der Waals surface area (Å²) in [7, 11) is 1.33. The van der Waals surface area contributed by atoms with Crippen molar-refractivity contribution in [3.63, 3.8) is 0 Å². The van der Waals surface area contributed by atoms with Crippen molar-refractivity contribution in [3.8, 4) is 0 Å². The van der Waals surface area contributed by atoms with Gasteiger partial charge in [-0.2, -0.15) is 0 Å². The van der Waals surface area contributed by atoms with E-state index in [2.05, 4.69) is 10.1 Å². The van der Waals surface area contributed by atoms with Crippen molar-refractivity contribution in [1.29, 1.82) is 0 Å². The van der Waals surface area contributed by atoms with Gasteiger partial charge in [0.05, 0.1) is 7.11 Å². The Morgan fingerprint density at radius 3 is 2.74 bits per heavy atom. The molecule has 1 heterocycles. The van der Waals surface area contributed by atoms with Crippen LogP contribution < -0.4 is 10.2 Å². The third-order valence-electron chi connectivity index (χ3n) is 3.27. The Balaban J connectivity index is 1.96. The van der Waals surface area contributed by atoms with Gasteiger partial charge in [0, 0.05) is 31.1 Å². The van der Waals surface area contributed by atoms with Gasteiger partial charge in [0.15, 0.2) is 0 Å². The number of carbonyl (C=O) groups excluding carboxylic acids is 2. The maximum absolute atomic E-state index is 12.0. The van der Waals surface area contributed by atoms with E-state index in [1.165, 1.54) is 12.7 Å². The Bertz CT molecular complexity index is 470. The van der Waals surface area contributed by atoms with Crippen LogP contribution in [0, 0.1) is 12.8 Å². The molecule has 5 heteroatoms. The molecule has 2 rings (SSSR count). The Morgan fingerprint density at radius 2 is 2.11 bits per heavy atom. The van der Waals surface area contributed by atoms with Crippen LogP contribution in [0.15, 0.2) is 24.3 Å². The Kier molecular flexibility index (Phi) is 4.04. The van der Waals surface area contributed by atoms with Crippen LogP contribution in [0.3, 0.4) is 0 Å². The number of hydrogen-bond acceptors (Lipinski definition) is 3. The SMILES string of the molecule is COC(=O)NCC1CC(=O)N(c2ccc(C)cc2)C1. The molecular weight excluding hydrogens is 244 g/mol. The summed E-state index contributed by atoms with van der Waals surface area (Å²) in [5, 5.41) is 2.64. The molecule has 1 aromatic rings. The van der Waals surface area contributed by atoms with E-state index >= 15 is 0 Å². The largest absolute Gasteiger partial charge is 0.453 e. The van der Waals surface area contributed by atoms with Gasteiger partial charge < -0.3 is 15.0 Å². The number of ether oxygens (including phenoxy) is 1. The fourth-order valence-electron chi connectivity index (χ4n) is 2.19. The predicted octanol–water partition coefficient (Wildman–Crippen LogP) is 1.70. The van der Waals surface area contributed by atoms with Gasteiger partial charge in [-0.05, 0) is 19.1 Å². The summed E-state index contributed by atoms with van der Waals surface area (Å²) in [6, 6.07) is 7.87. The molecule has 0 spiro atoms. The van der Waals surface area contributed by atoms with Crippen LogP contribution in [-0.4, -0.2) is 32.2 Å². The van der Waals surface area contributed by atoms with E-state index in [0.717, 1.165) is 5.69 Å². The van der Waals surface area contributed by atoms with E-state index in [9.17, 15) is 9.59 Å². The van der Waals surface area contributed by atoms with Gasteiger partial charge in [-0.25, -0.2) is 4.79 Å². The summed E-state index contributed by atoms with van der Waals surface area (Å²) < 4.78 is 4.51.